The Morgan fingerprint density at radius 1 is 1.17 bits per heavy atom. The van der Waals surface area contributed by atoms with Crippen molar-refractivity contribution in [2.45, 2.75) is 32.1 Å². The van der Waals surface area contributed by atoms with Gasteiger partial charge < -0.3 is 10.0 Å². The molecule has 1 N–H and O–H groups in total. The van der Waals surface area contributed by atoms with Crippen LogP contribution in [0.25, 0.3) is 5.65 Å². The fraction of sp³-hybridized carbons (Fsp3) is 0.409. The normalized spacial score (nSPS) is 17.0. The minimum absolute atomic E-state index is 0.0334. The summed E-state index contributed by atoms with van der Waals surface area (Å²) in [5.41, 5.74) is 3.06. The number of halogens is 1. The number of aryl methyl sites for hydroxylation is 1. The van der Waals surface area contributed by atoms with Crippen LogP contribution in [0.15, 0.2) is 42.9 Å². The first-order valence-electron chi connectivity index (χ1n) is 10.1. The summed E-state index contributed by atoms with van der Waals surface area (Å²) in [5.74, 6) is 0.186. The number of aliphatic hydroxyl groups is 1. The predicted octanol–water partition coefficient (Wildman–Crippen LogP) is 2.89. The number of carbonyl (C=O) groups excluding carboxylic acids is 1. The van der Waals surface area contributed by atoms with Gasteiger partial charge in [-0.1, -0.05) is 12.1 Å². The first-order valence-corrected chi connectivity index (χ1v) is 10.1. The summed E-state index contributed by atoms with van der Waals surface area (Å²) >= 11 is 0. The molecule has 0 saturated carbocycles. The summed E-state index contributed by atoms with van der Waals surface area (Å²) in [5, 5.41) is 13.3. The maximum absolute atomic E-state index is 13.1. The fourth-order valence-corrected chi connectivity index (χ4v) is 4.00. The molecule has 1 aliphatic heterocycles. The molecule has 0 bridgehead atoms. The molecule has 1 aliphatic rings. The van der Waals surface area contributed by atoms with Crippen LogP contribution in [-0.4, -0.2) is 50.2 Å². The van der Waals surface area contributed by atoms with Crippen LogP contribution in [0.5, 0.6) is 0 Å². The number of nitrogens with zero attached hydrogens (tertiary/aromatic N) is 4. The second-order valence-corrected chi connectivity index (χ2v) is 7.69. The van der Waals surface area contributed by atoms with Crippen LogP contribution in [0, 0.1) is 11.7 Å². The fourth-order valence-electron chi connectivity index (χ4n) is 4.00. The average Bonchev–Trinajstić information content (AvgIpc) is 3.16. The highest BCUT2D eigenvalue weighted by molar-refractivity contribution is 5.99. The summed E-state index contributed by atoms with van der Waals surface area (Å²) in [4.78, 5) is 19.4. The number of fused-ring (bicyclic) bond motifs is 1. The maximum Gasteiger partial charge on any atom is 0.259 e. The van der Waals surface area contributed by atoms with E-state index in [1.165, 1.54) is 12.1 Å². The second kappa shape index (κ2) is 8.69. The molecule has 1 aromatic carbocycles. The molecule has 6 nitrogen and oxygen atoms in total. The Morgan fingerprint density at radius 3 is 2.79 bits per heavy atom. The van der Waals surface area contributed by atoms with E-state index in [4.69, 9.17) is 5.11 Å². The van der Waals surface area contributed by atoms with Crippen LogP contribution in [0.2, 0.25) is 0 Å². The number of hydrogen-bond donors (Lipinski definition) is 1. The number of aliphatic hydroxyl groups excluding tert-OH is 1. The van der Waals surface area contributed by atoms with E-state index in [1.54, 1.807) is 23.1 Å². The Morgan fingerprint density at radius 2 is 2.00 bits per heavy atom. The quantitative estimate of drug-likeness (QED) is 0.696. The zero-order valence-electron chi connectivity index (χ0n) is 16.3. The lowest BCUT2D eigenvalue weighted by atomic mass is 9.91. The van der Waals surface area contributed by atoms with Crippen molar-refractivity contribution in [1.29, 1.82) is 0 Å². The molecular weight excluding hydrogens is 371 g/mol. The lowest BCUT2D eigenvalue weighted by Gasteiger charge is -2.32. The topological polar surface area (TPSA) is 70.7 Å². The van der Waals surface area contributed by atoms with Crippen molar-refractivity contribution < 1.29 is 14.3 Å². The van der Waals surface area contributed by atoms with E-state index in [0.29, 0.717) is 23.5 Å². The number of rotatable bonds is 6. The van der Waals surface area contributed by atoms with Crippen LogP contribution in [0.3, 0.4) is 0 Å². The number of benzene rings is 1. The third kappa shape index (κ3) is 4.45. The molecule has 3 heterocycles. The second-order valence-electron chi connectivity index (χ2n) is 7.69. The van der Waals surface area contributed by atoms with Crippen LogP contribution in [-0.2, 0) is 12.8 Å². The summed E-state index contributed by atoms with van der Waals surface area (Å²) in [7, 11) is 0. The Kier molecular flexibility index (Phi) is 5.85. The van der Waals surface area contributed by atoms with E-state index in [0.717, 1.165) is 49.9 Å². The van der Waals surface area contributed by atoms with Crippen molar-refractivity contribution in [2.75, 3.05) is 19.7 Å². The largest absolute Gasteiger partial charge is 0.396 e. The van der Waals surface area contributed by atoms with E-state index in [1.807, 2.05) is 17.0 Å². The summed E-state index contributed by atoms with van der Waals surface area (Å²) in [6.45, 7) is 1.51. The van der Waals surface area contributed by atoms with Crippen molar-refractivity contribution in [3.05, 3.63) is 65.4 Å². The van der Waals surface area contributed by atoms with Gasteiger partial charge in [0, 0.05) is 32.1 Å². The molecule has 0 aliphatic carbocycles. The third-order valence-corrected chi connectivity index (χ3v) is 5.60. The molecule has 4 rings (SSSR count). The highest BCUT2D eigenvalue weighted by Crippen LogP contribution is 2.24. The lowest BCUT2D eigenvalue weighted by molar-refractivity contribution is 0.0670. The molecule has 0 spiro atoms. The van der Waals surface area contributed by atoms with Gasteiger partial charge in [-0.15, -0.1) is 0 Å². The molecule has 152 valence electrons. The predicted molar refractivity (Wildman–Crippen MR) is 107 cm³/mol. The van der Waals surface area contributed by atoms with Crippen molar-refractivity contribution >= 4 is 11.6 Å². The number of piperidine rings is 1. The van der Waals surface area contributed by atoms with Gasteiger partial charge in [0.05, 0.1) is 6.20 Å². The van der Waals surface area contributed by atoms with Gasteiger partial charge in [0.1, 0.15) is 11.4 Å². The molecule has 2 aromatic heterocycles. The summed E-state index contributed by atoms with van der Waals surface area (Å²) in [6, 6.07) is 6.65. The average molecular weight is 396 g/mol. The smallest absolute Gasteiger partial charge is 0.259 e. The molecule has 1 amide bonds. The lowest BCUT2D eigenvalue weighted by Crippen LogP contribution is -2.40. The zero-order chi connectivity index (χ0) is 20.2. The molecule has 0 radical (unpaired) electrons. The van der Waals surface area contributed by atoms with Gasteiger partial charge in [0.15, 0.2) is 5.65 Å². The van der Waals surface area contributed by atoms with Crippen LogP contribution in [0.4, 0.5) is 4.39 Å². The first-order chi connectivity index (χ1) is 14.1. The van der Waals surface area contributed by atoms with Gasteiger partial charge in [0.25, 0.3) is 5.91 Å². The molecule has 1 fully saturated rings. The summed E-state index contributed by atoms with van der Waals surface area (Å²) in [6.07, 6.45) is 9.52. The Balaban J connectivity index is 1.42. The minimum atomic E-state index is -0.214. The van der Waals surface area contributed by atoms with Crippen molar-refractivity contribution in [2.24, 2.45) is 5.92 Å². The number of likely N-dealkylation sites (tertiary alicyclic amines) is 1. The van der Waals surface area contributed by atoms with E-state index < -0.39 is 0 Å². The number of aromatic nitrogens is 3. The van der Waals surface area contributed by atoms with Gasteiger partial charge >= 0.3 is 0 Å². The molecule has 1 saturated heterocycles. The van der Waals surface area contributed by atoms with Gasteiger partial charge in [0.2, 0.25) is 0 Å². The van der Waals surface area contributed by atoms with Crippen molar-refractivity contribution in [3.63, 3.8) is 0 Å². The van der Waals surface area contributed by atoms with E-state index >= 15 is 0 Å². The molecule has 3 aromatic rings. The molecular formula is C22H25FN4O2. The van der Waals surface area contributed by atoms with Gasteiger partial charge in [-0.25, -0.2) is 13.9 Å². The standard InChI is InChI=1S/C22H25FN4O2/c23-19-7-5-16(6-8-19)3-4-17-2-1-10-26(14-17)22(29)20-13-25-27-15-18(9-11-28)12-24-21(20)27/h5-8,12-13,15,17,28H,1-4,9-11,14H2/t17-/m0/s1. The van der Waals surface area contributed by atoms with Crippen LogP contribution < -0.4 is 0 Å². The van der Waals surface area contributed by atoms with E-state index in [2.05, 4.69) is 10.1 Å². The molecule has 7 heteroatoms. The minimum Gasteiger partial charge on any atom is -0.396 e. The highest BCUT2D eigenvalue weighted by Gasteiger charge is 2.26. The Bertz CT molecular complexity index is 986. The van der Waals surface area contributed by atoms with Crippen LogP contribution >= 0.6 is 0 Å². The Hall–Kier alpha value is -2.80. The van der Waals surface area contributed by atoms with E-state index in [9.17, 15) is 9.18 Å². The molecule has 29 heavy (non-hydrogen) atoms. The molecule has 1 atom stereocenters. The number of amides is 1. The highest BCUT2D eigenvalue weighted by atomic mass is 19.1. The van der Waals surface area contributed by atoms with Crippen molar-refractivity contribution in [1.82, 2.24) is 19.5 Å². The van der Waals surface area contributed by atoms with Crippen LogP contribution in [0.1, 0.15) is 40.7 Å². The summed E-state index contributed by atoms with van der Waals surface area (Å²) < 4.78 is 14.7. The molecule has 0 unspecified atom stereocenters. The van der Waals surface area contributed by atoms with Gasteiger partial charge in [-0.2, -0.15) is 5.10 Å². The number of hydrogen-bond acceptors (Lipinski definition) is 4. The van der Waals surface area contributed by atoms with Crippen molar-refractivity contribution in [3.8, 4) is 0 Å². The third-order valence-electron chi connectivity index (χ3n) is 5.60. The number of carbonyl (C=O) groups is 1. The monoisotopic (exact) mass is 396 g/mol. The van der Waals surface area contributed by atoms with E-state index in [-0.39, 0.29) is 18.3 Å². The first kappa shape index (κ1) is 19.5. The van der Waals surface area contributed by atoms with Gasteiger partial charge in [-0.3, -0.25) is 4.79 Å². The Labute approximate surface area is 169 Å². The SMILES string of the molecule is O=C(c1cnn2cc(CCO)cnc12)N1CCC[C@@H](CCc2ccc(F)cc2)C1. The maximum atomic E-state index is 13.1. The zero-order valence-corrected chi connectivity index (χ0v) is 16.3. The van der Waals surface area contributed by atoms with Gasteiger partial charge in [-0.05, 0) is 61.3 Å².